The van der Waals surface area contributed by atoms with Crippen molar-refractivity contribution in [3.8, 4) is 0 Å². The number of hydrogen-bond acceptors (Lipinski definition) is 6. The molecule has 2 fully saturated rings. The monoisotopic (exact) mass is 590 g/mol. The molecule has 0 N–H and O–H groups in total. The Bertz CT molecular complexity index is 1670. The van der Waals surface area contributed by atoms with Crippen LogP contribution in [0, 0.1) is 0 Å². The third kappa shape index (κ3) is 4.77. The van der Waals surface area contributed by atoms with E-state index in [1.165, 1.54) is 6.26 Å². The number of benzene rings is 2. The molecule has 0 atom stereocenters. The Morgan fingerprint density at radius 1 is 1.05 bits per heavy atom. The van der Waals surface area contributed by atoms with Crippen molar-refractivity contribution in [1.29, 1.82) is 0 Å². The van der Waals surface area contributed by atoms with E-state index in [0.717, 1.165) is 29.6 Å². The molecule has 12 heteroatoms. The molecule has 208 valence electrons. The number of fused-ring (bicyclic) bond motifs is 3. The van der Waals surface area contributed by atoms with Crippen LogP contribution in [0.15, 0.2) is 42.5 Å². The van der Waals surface area contributed by atoms with Gasteiger partial charge >= 0.3 is 0 Å². The molecule has 2 aliphatic heterocycles. The lowest BCUT2D eigenvalue weighted by Gasteiger charge is -2.38. The summed E-state index contributed by atoms with van der Waals surface area (Å²) in [5.74, 6) is 0.656. The van der Waals surface area contributed by atoms with Crippen molar-refractivity contribution < 1.29 is 21.6 Å². The van der Waals surface area contributed by atoms with E-state index in [-0.39, 0.29) is 23.5 Å². The van der Waals surface area contributed by atoms with E-state index in [9.17, 15) is 21.6 Å². The van der Waals surface area contributed by atoms with E-state index >= 15 is 0 Å². The topological polar surface area (TPSA) is 110 Å². The number of aromatic nitrogens is 2. The van der Waals surface area contributed by atoms with Gasteiger partial charge in [-0.15, -0.1) is 0 Å². The molecule has 1 aromatic heterocycles. The van der Waals surface area contributed by atoms with Gasteiger partial charge in [-0.2, -0.15) is 0 Å². The maximum Gasteiger partial charge on any atom is 0.238 e. The third-order valence-electron chi connectivity index (χ3n) is 8.23. The molecule has 3 aliphatic rings. The summed E-state index contributed by atoms with van der Waals surface area (Å²) in [6, 6.07) is 13.1. The zero-order valence-corrected chi connectivity index (χ0v) is 24.1. The average molecular weight is 591 g/mol. The van der Waals surface area contributed by atoms with Gasteiger partial charge in [-0.3, -0.25) is 4.79 Å². The second-order valence-corrected chi connectivity index (χ2v) is 15.8. The average Bonchev–Trinajstić information content (AvgIpc) is 3.67. The summed E-state index contributed by atoms with van der Waals surface area (Å²) < 4.78 is 52.8. The number of aryl methyl sites for hydroxylation is 1. The van der Waals surface area contributed by atoms with Gasteiger partial charge in [0.05, 0.1) is 34.0 Å². The second-order valence-electron chi connectivity index (χ2n) is 10.9. The maximum atomic E-state index is 14.2. The molecule has 1 aliphatic carbocycles. The zero-order chi connectivity index (χ0) is 27.6. The number of halogens is 1. The van der Waals surface area contributed by atoms with Gasteiger partial charge in [-0.25, -0.2) is 26.1 Å². The Morgan fingerprint density at radius 3 is 2.46 bits per heavy atom. The quantitative estimate of drug-likeness (QED) is 0.397. The first kappa shape index (κ1) is 26.7. The highest BCUT2D eigenvalue weighted by Gasteiger charge is 2.54. The minimum absolute atomic E-state index is 0.0417. The Hall–Kier alpha value is -2.47. The van der Waals surface area contributed by atoms with Crippen LogP contribution in [0.3, 0.4) is 0 Å². The molecule has 3 aromatic rings. The molecule has 0 radical (unpaired) electrons. The summed E-state index contributed by atoms with van der Waals surface area (Å²) in [5.41, 5.74) is 2.49. The highest BCUT2D eigenvalue weighted by molar-refractivity contribution is 7.90. The third-order valence-corrected chi connectivity index (χ3v) is 11.9. The number of sulfonamides is 1. The van der Waals surface area contributed by atoms with Crippen molar-refractivity contribution in [1.82, 2.24) is 13.9 Å². The lowest BCUT2D eigenvalue weighted by Crippen LogP contribution is -2.50. The predicted molar refractivity (Wildman–Crippen MR) is 151 cm³/mol. The number of nitrogens with zero attached hydrogens (tertiary/aromatic N) is 4. The first-order valence-corrected chi connectivity index (χ1v) is 17.2. The number of hydrogen-bond donors (Lipinski definition) is 0. The van der Waals surface area contributed by atoms with E-state index in [1.807, 2.05) is 34.9 Å². The van der Waals surface area contributed by atoms with Gasteiger partial charge in [0.25, 0.3) is 0 Å². The van der Waals surface area contributed by atoms with Crippen LogP contribution in [0.1, 0.15) is 43.5 Å². The first-order chi connectivity index (χ1) is 18.5. The van der Waals surface area contributed by atoms with Crippen LogP contribution in [-0.4, -0.2) is 66.9 Å². The normalized spacial score (nSPS) is 19.7. The summed E-state index contributed by atoms with van der Waals surface area (Å²) >= 11 is 6.23. The number of piperidine rings is 1. The van der Waals surface area contributed by atoms with Gasteiger partial charge in [0.2, 0.25) is 15.9 Å². The summed E-state index contributed by atoms with van der Waals surface area (Å²) in [7, 11) is -6.42. The van der Waals surface area contributed by atoms with Crippen LogP contribution in [0.25, 0.3) is 11.0 Å². The van der Waals surface area contributed by atoms with Gasteiger partial charge in [-0.05, 0) is 61.9 Å². The molecule has 3 heterocycles. The van der Waals surface area contributed by atoms with Crippen molar-refractivity contribution in [2.45, 2.75) is 55.9 Å². The molecule has 1 saturated heterocycles. The second kappa shape index (κ2) is 9.57. The molecule has 2 aromatic carbocycles. The van der Waals surface area contributed by atoms with Crippen LogP contribution in [0.5, 0.6) is 0 Å². The predicted octanol–water partition coefficient (Wildman–Crippen LogP) is 3.50. The van der Waals surface area contributed by atoms with Gasteiger partial charge < -0.3 is 9.47 Å². The standard InChI is InChI=1S/C27H31ClN4O5S2/c1-38(34,35)16-4-13-31-24-10-7-19(28)17-22(24)29-25(31)18-32-23-6-3-2-5-21(23)27(26(32)33)11-14-30(15-12-27)39(36,37)20-8-9-20/h2-3,5-7,10,17,20H,4,8-9,11-16,18H2,1H3. The first-order valence-electron chi connectivity index (χ1n) is 13.2. The lowest BCUT2D eigenvalue weighted by molar-refractivity contribution is -0.124. The van der Waals surface area contributed by atoms with Crippen LogP contribution < -0.4 is 4.90 Å². The number of rotatable bonds is 8. The molecular weight excluding hydrogens is 560 g/mol. The summed E-state index contributed by atoms with van der Waals surface area (Å²) in [6.45, 7) is 1.31. The molecular formula is C27H31ClN4O5S2. The number of sulfone groups is 1. The Morgan fingerprint density at radius 2 is 1.77 bits per heavy atom. The number of amides is 1. The van der Waals surface area contributed by atoms with Crippen LogP contribution >= 0.6 is 11.6 Å². The molecule has 0 bridgehead atoms. The SMILES string of the molecule is CS(=O)(=O)CCCn1c(CN2C(=O)C3(CCN(S(=O)(=O)C4CC4)CC3)c3ccccc32)nc2cc(Cl)ccc21. The van der Waals surface area contributed by atoms with E-state index in [0.29, 0.717) is 55.3 Å². The summed E-state index contributed by atoms with van der Waals surface area (Å²) in [5, 5.41) is 0.281. The Kier molecular flexibility index (Phi) is 6.56. The van der Waals surface area contributed by atoms with E-state index < -0.39 is 25.3 Å². The van der Waals surface area contributed by atoms with Gasteiger partial charge in [-0.1, -0.05) is 29.8 Å². The Labute approximate surface area is 233 Å². The van der Waals surface area contributed by atoms with E-state index in [1.54, 1.807) is 21.3 Å². The van der Waals surface area contributed by atoms with Gasteiger partial charge in [0.1, 0.15) is 15.7 Å². The molecule has 1 spiro atoms. The molecule has 9 nitrogen and oxygen atoms in total. The fourth-order valence-corrected chi connectivity index (χ4v) is 8.75. The smallest absolute Gasteiger partial charge is 0.238 e. The summed E-state index contributed by atoms with van der Waals surface area (Å²) in [4.78, 5) is 20.8. The van der Waals surface area contributed by atoms with Gasteiger partial charge in [0.15, 0.2) is 0 Å². The Balaban J connectivity index is 1.32. The number of para-hydroxylation sites is 1. The lowest BCUT2D eigenvalue weighted by atomic mass is 9.74. The molecule has 1 amide bonds. The minimum atomic E-state index is -3.29. The van der Waals surface area contributed by atoms with Crippen LogP contribution in [-0.2, 0) is 43.2 Å². The number of anilines is 1. The van der Waals surface area contributed by atoms with Crippen molar-refractivity contribution in [2.24, 2.45) is 0 Å². The summed E-state index contributed by atoms with van der Waals surface area (Å²) in [6.07, 6.45) is 3.95. The fraction of sp³-hybridized carbons (Fsp3) is 0.481. The molecule has 0 unspecified atom stereocenters. The highest BCUT2D eigenvalue weighted by atomic mass is 35.5. The maximum absolute atomic E-state index is 14.2. The number of imidazole rings is 1. The van der Waals surface area contributed by atoms with E-state index in [2.05, 4.69) is 0 Å². The largest absolute Gasteiger partial charge is 0.326 e. The highest BCUT2D eigenvalue weighted by Crippen LogP contribution is 2.49. The van der Waals surface area contributed by atoms with Crippen molar-refractivity contribution in [2.75, 3.05) is 30.0 Å². The fourth-order valence-electron chi connectivity index (χ4n) is 6.09. The number of carbonyl (C=O) groups excluding carboxylic acids is 1. The van der Waals surface area contributed by atoms with Crippen LogP contribution in [0.2, 0.25) is 5.02 Å². The molecule has 1 saturated carbocycles. The van der Waals surface area contributed by atoms with Crippen molar-refractivity contribution in [3.05, 3.63) is 58.9 Å². The van der Waals surface area contributed by atoms with E-state index in [4.69, 9.17) is 16.6 Å². The van der Waals surface area contributed by atoms with Crippen molar-refractivity contribution in [3.63, 3.8) is 0 Å². The number of carbonyl (C=O) groups is 1. The van der Waals surface area contributed by atoms with Crippen molar-refractivity contribution >= 4 is 54.1 Å². The van der Waals surface area contributed by atoms with Crippen LogP contribution in [0.4, 0.5) is 5.69 Å². The minimum Gasteiger partial charge on any atom is -0.326 e. The molecule has 39 heavy (non-hydrogen) atoms. The van der Waals surface area contributed by atoms with Gasteiger partial charge in [0, 0.05) is 36.6 Å². The molecule has 6 rings (SSSR count). The zero-order valence-electron chi connectivity index (χ0n) is 21.7.